The zero-order valence-electron chi connectivity index (χ0n) is 10.3. The summed E-state index contributed by atoms with van der Waals surface area (Å²) in [5.41, 5.74) is 0.0269. The van der Waals surface area contributed by atoms with Crippen LogP contribution in [0.25, 0.3) is 0 Å². The Morgan fingerprint density at radius 1 is 1.53 bits per heavy atom. The molecule has 15 heavy (non-hydrogen) atoms. The highest BCUT2D eigenvalue weighted by Crippen LogP contribution is 2.25. The Kier molecular flexibility index (Phi) is 4.56. The molecule has 1 heterocycles. The third kappa shape index (κ3) is 3.74. The van der Waals surface area contributed by atoms with Crippen LogP contribution in [0.5, 0.6) is 0 Å². The van der Waals surface area contributed by atoms with Crippen molar-refractivity contribution in [2.75, 3.05) is 26.3 Å². The standard InChI is InChI=1S/C12H25NO2/c1-4-11(2,10-14)8-13-9-12(3)6-5-7-15-12/h13-14H,4-10H2,1-3H3. The molecule has 0 spiro atoms. The van der Waals surface area contributed by atoms with Crippen LogP contribution in [0.2, 0.25) is 0 Å². The number of rotatable bonds is 6. The molecule has 1 aliphatic rings. The van der Waals surface area contributed by atoms with E-state index in [-0.39, 0.29) is 17.6 Å². The van der Waals surface area contributed by atoms with Crippen molar-refractivity contribution in [3.8, 4) is 0 Å². The molecule has 0 aromatic carbocycles. The summed E-state index contributed by atoms with van der Waals surface area (Å²) >= 11 is 0. The highest BCUT2D eigenvalue weighted by molar-refractivity contribution is 4.84. The lowest BCUT2D eigenvalue weighted by Gasteiger charge is -2.29. The topological polar surface area (TPSA) is 41.5 Å². The van der Waals surface area contributed by atoms with E-state index in [9.17, 15) is 5.11 Å². The molecule has 0 bridgehead atoms. The number of aliphatic hydroxyl groups is 1. The van der Waals surface area contributed by atoms with Gasteiger partial charge in [0.15, 0.2) is 0 Å². The third-order valence-electron chi connectivity index (χ3n) is 3.59. The SMILES string of the molecule is CCC(C)(CO)CNCC1(C)CCCO1. The first kappa shape index (κ1) is 12.9. The van der Waals surface area contributed by atoms with Crippen molar-refractivity contribution in [2.24, 2.45) is 5.41 Å². The Hall–Kier alpha value is -0.120. The van der Waals surface area contributed by atoms with Crippen LogP contribution in [0.3, 0.4) is 0 Å². The van der Waals surface area contributed by atoms with Gasteiger partial charge in [0.05, 0.1) is 5.60 Å². The molecule has 1 aliphatic heterocycles. The second-order valence-electron chi connectivity index (χ2n) is 5.33. The van der Waals surface area contributed by atoms with E-state index in [1.54, 1.807) is 0 Å². The Bertz CT molecular complexity index is 180. The van der Waals surface area contributed by atoms with Gasteiger partial charge in [-0.2, -0.15) is 0 Å². The van der Waals surface area contributed by atoms with Crippen molar-refractivity contribution in [3.63, 3.8) is 0 Å². The van der Waals surface area contributed by atoms with Gasteiger partial charge in [-0.15, -0.1) is 0 Å². The molecule has 2 unspecified atom stereocenters. The van der Waals surface area contributed by atoms with E-state index in [0.29, 0.717) is 0 Å². The third-order valence-corrected chi connectivity index (χ3v) is 3.59. The summed E-state index contributed by atoms with van der Waals surface area (Å²) in [5, 5.41) is 12.7. The highest BCUT2D eigenvalue weighted by atomic mass is 16.5. The lowest BCUT2D eigenvalue weighted by Crippen LogP contribution is -2.42. The maximum atomic E-state index is 9.27. The molecule has 1 fully saturated rings. The second kappa shape index (κ2) is 5.28. The number of hydrogen-bond donors (Lipinski definition) is 2. The summed E-state index contributed by atoms with van der Waals surface area (Å²) in [6.07, 6.45) is 3.30. The molecule has 2 atom stereocenters. The van der Waals surface area contributed by atoms with Gasteiger partial charge in [-0.05, 0) is 26.2 Å². The molecule has 3 heteroatoms. The number of aliphatic hydroxyl groups excluding tert-OH is 1. The van der Waals surface area contributed by atoms with Crippen LogP contribution in [-0.2, 0) is 4.74 Å². The zero-order valence-corrected chi connectivity index (χ0v) is 10.3. The first-order valence-corrected chi connectivity index (χ1v) is 5.99. The fourth-order valence-corrected chi connectivity index (χ4v) is 1.90. The van der Waals surface area contributed by atoms with Gasteiger partial charge in [0.1, 0.15) is 0 Å². The van der Waals surface area contributed by atoms with Gasteiger partial charge < -0.3 is 15.2 Å². The lowest BCUT2D eigenvalue weighted by atomic mass is 9.88. The van der Waals surface area contributed by atoms with Crippen LogP contribution in [-0.4, -0.2) is 37.0 Å². The van der Waals surface area contributed by atoms with Gasteiger partial charge >= 0.3 is 0 Å². The van der Waals surface area contributed by atoms with Crippen molar-refractivity contribution in [1.29, 1.82) is 0 Å². The van der Waals surface area contributed by atoms with Crippen LogP contribution in [0.4, 0.5) is 0 Å². The predicted octanol–water partition coefficient (Wildman–Crippen LogP) is 1.55. The highest BCUT2D eigenvalue weighted by Gasteiger charge is 2.30. The van der Waals surface area contributed by atoms with E-state index in [1.807, 2.05) is 0 Å². The molecule has 0 aromatic heterocycles. The molecule has 0 aromatic rings. The van der Waals surface area contributed by atoms with Crippen molar-refractivity contribution in [2.45, 2.75) is 45.6 Å². The predicted molar refractivity (Wildman–Crippen MR) is 61.9 cm³/mol. The monoisotopic (exact) mass is 215 g/mol. The van der Waals surface area contributed by atoms with E-state index in [0.717, 1.165) is 32.5 Å². The lowest BCUT2D eigenvalue weighted by molar-refractivity contribution is 0.0171. The smallest absolute Gasteiger partial charge is 0.0779 e. The molecule has 1 rings (SSSR count). The summed E-state index contributed by atoms with van der Waals surface area (Å²) < 4.78 is 5.70. The van der Waals surface area contributed by atoms with Crippen LogP contribution >= 0.6 is 0 Å². The molecule has 1 saturated heterocycles. The maximum absolute atomic E-state index is 9.27. The maximum Gasteiger partial charge on any atom is 0.0779 e. The molecule has 0 radical (unpaired) electrons. The summed E-state index contributed by atoms with van der Waals surface area (Å²) in [7, 11) is 0. The van der Waals surface area contributed by atoms with Crippen LogP contribution < -0.4 is 5.32 Å². The summed E-state index contributed by atoms with van der Waals surface area (Å²) in [6.45, 7) is 9.28. The van der Waals surface area contributed by atoms with E-state index < -0.39 is 0 Å². The average Bonchev–Trinajstić information content (AvgIpc) is 2.65. The summed E-state index contributed by atoms with van der Waals surface area (Å²) in [6, 6.07) is 0. The minimum absolute atomic E-state index is 0.00889. The van der Waals surface area contributed by atoms with Crippen molar-refractivity contribution >= 4 is 0 Å². The molecule has 3 nitrogen and oxygen atoms in total. The van der Waals surface area contributed by atoms with E-state index in [1.165, 1.54) is 6.42 Å². The Labute approximate surface area is 93.2 Å². The van der Waals surface area contributed by atoms with Crippen molar-refractivity contribution in [1.82, 2.24) is 5.32 Å². The number of ether oxygens (including phenoxy) is 1. The minimum atomic E-state index is 0.00889. The van der Waals surface area contributed by atoms with E-state index in [2.05, 4.69) is 26.1 Å². The molecule has 90 valence electrons. The molecule has 0 saturated carbocycles. The van der Waals surface area contributed by atoms with Crippen LogP contribution in [0.15, 0.2) is 0 Å². The Morgan fingerprint density at radius 2 is 2.27 bits per heavy atom. The summed E-state index contributed by atoms with van der Waals surface area (Å²) in [5.74, 6) is 0. The number of hydrogen-bond acceptors (Lipinski definition) is 3. The average molecular weight is 215 g/mol. The normalized spacial score (nSPS) is 30.4. The van der Waals surface area contributed by atoms with Crippen LogP contribution in [0, 0.1) is 5.41 Å². The molecule has 0 aliphatic carbocycles. The summed E-state index contributed by atoms with van der Waals surface area (Å²) in [4.78, 5) is 0. The first-order valence-electron chi connectivity index (χ1n) is 5.99. The van der Waals surface area contributed by atoms with Crippen LogP contribution in [0.1, 0.15) is 40.0 Å². The molecule has 0 amide bonds. The van der Waals surface area contributed by atoms with Gasteiger partial charge in [0.25, 0.3) is 0 Å². The fraction of sp³-hybridized carbons (Fsp3) is 1.00. The largest absolute Gasteiger partial charge is 0.396 e. The van der Waals surface area contributed by atoms with Gasteiger partial charge in [-0.3, -0.25) is 0 Å². The number of nitrogens with one attached hydrogen (secondary N) is 1. The van der Waals surface area contributed by atoms with Crippen molar-refractivity contribution < 1.29 is 9.84 Å². The quantitative estimate of drug-likeness (QED) is 0.706. The van der Waals surface area contributed by atoms with Gasteiger partial charge in [-0.1, -0.05) is 13.8 Å². The fourth-order valence-electron chi connectivity index (χ4n) is 1.90. The first-order chi connectivity index (χ1) is 7.04. The minimum Gasteiger partial charge on any atom is -0.396 e. The van der Waals surface area contributed by atoms with E-state index >= 15 is 0 Å². The Morgan fingerprint density at radius 3 is 2.73 bits per heavy atom. The van der Waals surface area contributed by atoms with Crippen molar-refractivity contribution in [3.05, 3.63) is 0 Å². The molecular weight excluding hydrogens is 190 g/mol. The second-order valence-corrected chi connectivity index (χ2v) is 5.33. The van der Waals surface area contributed by atoms with E-state index in [4.69, 9.17) is 4.74 Å². The van der Waals surface area contributed by atoms with Gasteiger partial charge in [-0.25, -0.2) is 0 Å². The molecule has 2 N–H and O–H groups in total. The molecular formula is C12H25NO2. The van der Waals surface area contributed by atoms with Gasteiger partial charge in [0, 0.05) is 31.7 Å². The zero-order chi connectivity index (χ0) is 11.4. The van der Waals surface area contributed by atoms with Gasteiger partial charge in [0.2, 0.25) is 0 Å². The Balaban J connectivity index is 2.25.